The fraction of sp³-hybridized carbons (Fsp3) is 0.400. The molecule has 1 aromatic heterocycles. The third-order valence-electron chi connectivity index (χ3n) is 3.67. The van der Waals surface area contributed by atoms with Gasteiger partial charge in [-0.2, -0.15) is 0 Å². The third-order valence-corrected chi connectivity index (χ3v) is 4.13. The van der Waals surface area contributed by atoms with E-state index in [0.717, 1.165) is 35.6 Å². The van der Waals surface area contributed by atoms with E-state index in [1.165, 1.54) is 11.1 Å². The number of aryl methyl sites for hydroxylation is 1. The van der Waals surface area contributed by atoms with Gasteiger partial charge >= 0.3 is 0 Å². The van der Waals surface area contributed by atoms with Crippen molar-refractivity contribution >= 4 is 15.9 Å². The van der Waals surface area contributed by atoms with E-state index in [-0.39, 0.29) is 6.04 Å². The molecule has 1 aromatic carbocycles. The second-order valence-corrected chi connectivity index (χ2v) is 6.07. The molecular formula is C15H18BrN3O. The van der Waals surface area contributed by atoms with E-state index in [1.807, 2.05) is 24.0 Å². The number of nitrogens with zero attached hydrogens (tertiary/aromatic N) is 2. The van der Waals surface area contributed by atoms with Gasteiger partial charge in [-0.05, 0) is 24.6 Å². The molecule has 4 nitrogen and oxygen atoms in total. The lowest BCUT2D eigenvalue weighted by molar-refractivity contribution is 0.351. The molecule has 0 bridgehead atoms. The van der Waals surface area contributed by atoms with Gasteiger partial charge in [0.2, 0.25) is 0 Å². The summed E-state index contributed by atoms with van der Waals surface area (Å²) in [7, 11) is 2.01. The zero-order valence-corrected chi connectivity index (χ0v) is 13.3. The van der Waals surface area contributed by atoms with Gasteiger partial charge in [0.25, 0.3) is 0 Å². The van der Waals surface area contributed by atoms with E-state index < -0.39 is 0 Å². The van der Waals surface area contributed by atoms with E-state index in [1.54, 1.807) is 0 Å². The zero-order chi connectivity index (χ0) is 14.1. The number of hydrogen-bond acceptors (Lipinski definition) is 3. The van der Waals surface area contributed by atoms with Crippen molar-refractivity contribution in [1.29, 1.82) is 0 Å². The number of nitrogens with one attached hydrogen (secondary N) is 1. The van der Waals surface area contributed by atoms with E-state index in [0.29, 0.717) is 0 Å². The van der Waals surface area contributed by atoms with Crippen LogP contribution in [-0.2, 0) is 20.0 Å². The standard InChI is InChI=1S/C15H18BrN3O/c1-10(15-17-4-5-19(15)2)18-9-12-8-13(16)7-11-3-6-20-14(11)12/h4-5,7-8,10,18H,3,6,9H2,1-2H3. The largest absolute Gasteiger partial charge is 0.493 e. The molecule has 0 radical (unpaired) electrons. The molecule has 0 saturated carbocycles. The van der Waals surface area contributed by atoms with Crippen LogP contribution in [0.1, 0.15) is 29.9 Å². The summed E-state index contributed by atoms with van der Waals surface area (Å²) in [4.78, 5) is 4.38. The highest BCUT2D eigenvalue weighted by Crippen LogP contribution is 2.33. The Morgan fingerprint density at radius 1 is 1.50 bits per heavy atom. The minimum absolute atomic E-state index is 0.200. The summed E-state index contributed by atoms with van der Waals surface area (Å²) in [6.45, 7) is 3.69. The minimum Gasteiger partial charge on any atom is -0.493 e. The lowest BCUT2D eigenvalue weighted by Crippen LogP contribution is -2.21. The Morgan fingerprint density at radius 3 is 3.10 bits per heavy atom. The van der Waals surface area contributed by atoms with Crippen molar-refractivity contribution in [3.8, 4) is 5.75 Å². The normalized spacial score (nSPS) is 14.9. The Morgan fingerprint density at radius 2 is 2.35 bits per heavy atom. The van der Waals surface area contributed by atoms with Crippen molar-refractivity contribution in [3.63, 3.8) is 0 Å². The Balaban J connectivity index is 1.75. The number of halogens is 1. The number of benzene rings is 1. The van der Waals surface area contributed by atoms with E-state index >= 15 is 0 Å². The van der Waals surface area contributed by atoms with Gasteiger partial charge in [0, 0.05) is 42.4 Å². The molecule has 5 heteroatoms. The molecule has 0 spiro atoms. The minimum atomic E-state index is 0.200. The summed E-state index contributed by atoms with van der Waals surface area (Å²) in [6, 6.07) is 4.47. The van der Waals surface area contributed by atoms with E-state index in [9.17, 15) is 0 Å². The quantitative estimate of drug-likeness (QED) is 0.933. The lowest BCUT2D eigenvalue weighted by Gasteiger charge is -2.15. The molecular weight excluding hydrogens is 318 g/mol. The van der Waals surface area contributed by atoms with Gasteiger partial charge in [-0.3, -0.25) is 0 Å². The summed E-state index contributed by atoms with van der Waals surface area (Å²) in [5.41, 5.74) is 2.49. The van der Waals surface area contributed by atoms with Crippen LogP contribution in [0.25, 0.3) is 0 Å². The average molecular weight is 336 g/mol. The van der Waals surface area contributed by atoms with Crippen LogP contribution in [0.15, 0.2) is 29.0 Å². The summed E-state index contributed by atoms with van der Waals surface area (Å²) >= 11 is 3.57. The molecule has 20 heavy (non-hydrogen) atoms. The SMILES string of the molecule is CC(NCc1cc(Br)cc2c1OCC2)c1nccn1C. The monoisotopic (exact) mass is 335 g/mol. The molecule has 1 atom stereocenters. The smallest absolute Gasteiger partial charge is 0.127 e. The van der Waals surface area contributed by atoms with Crippen molar-refractivity contribution in [2.45, 2.75) is 25.9 Å². The average Bonchev–Trinajstić information content (AvgIpc) is 3.03. The van der Waals surface area contributed by atoms with E-state index in [4.69, 9.17) is 4.74 Å². The highest BCUT2D eigenvalue weighted by Gasteiger charge is 2.18. The summed E-state index contributed by atoms with van der Waals surface area (Å²) in [6.07, 6.45) is 4.79. The molecule has 1 unspecified atom stereocenters. The van der Waals surface area contributed by atoms with Crippen molar-refractivity contribution in [1.82, 2.24) is 14.9 Å². The van der Waals surface area contributed by atoms with Crippen LogP contribution in [0.3, 0.4) is 0 Å². The Kier molecular flexibility index (Phi) is 3.81. The van der Waals surface area contributed by atoms with Crippen LogP contribution in [-0.4, -0.2) is 16.2 Å². The molecule has 1 aliphatic heterocycles. The van der Waals surface area contributed by atoms with Crippen molar-refractivity contribution < 1.29 is 4.74 Å². The van der Waals surface area contributed by atoms with E-state index in [2.05, 4.69) is 45.3 Å². The molecule has 0 saturated heterocycles. The van der Waals surface area contributed by atoms with Crippen molar-refractivity contribution in [2.75, 3.05) is 6.61 Å². The maximum Gasteiger partial charge on any atom is 0.127 e. The molecule has 2 aromatic rings. The zero-order valence-electron chi connectivity index (χ0n) is 11.7. The van der Waals surface area contributed by atoms with Gasteiger partial charge in [-0.15, -0.1) is 0 Å². The first-order valence-corrected chi connectivity index (χ1v) is 7.59. The molecule has 0 amide bonds. The predicted molar refractivity (Wildman–Crippen MR) is 81.8 cm³/mol. The highest BCUT2D eigenvalue weighted by atomic mass is 79.9. The topological polar surface area (TPSA) is 39.1 Å². The van der Waals surface area contributed by atoms with Crippen molar-refractivity contribution in [2.24, 2.45) is 7.05 Å². The maximum atomic E-state index is 5.75. The third kappa shape index (κ3) is 2.60. The van der Waals surface area contributed by atoms with Gasteiger partial charge < -0.3 is 14.6 Å². The summed E-state index contributed by atoms with van der Waals surface area (Å²) < 4.78 is 8.90. The second-order valence-electron chi connectivity index (χ2n) is 5.15. The first-order chi connectivity index (χ1) is 9.65. The first kappa shape index (κ1) is 13.6. The lowest BCUT2D eigenvalue weighted by atomic mass is 10.1. The number of aromatic nitrogens is 2. The molecule has 0 fully saturated rings. The number of rotatable bonds is 4. The summed E-state index contributed by atoms with van der Waals surface area (Å²) in [5.74, 6) is 2.09. The van der Waals surface area contributed by atoms with Gasteiger partial charge in [-0.25, -0.2) is 4.98 Å². The molecule has 106 valence electrons. The number of imidazole rings is 1. The number of fused-ring (bicyclic) bond motifs is 1. The van der Waals surface area contributed by atoms with Crippen molar-refractivity contribution in [3.05, 3.63) is 46.0 Å². The van der Waals surface area contributed by atoms with Gasteiger partial charge in [-0.1, -0.05) is 15.9 Å². The molecule has 1 aliphatic rings. The summed E-state index contributed by atoms with van der Waals surface area (Å²) in [5, 5.41) is 3.51. The van der Waals surface area contributed by atoms with Crippen LogP contribution in [0, 0.1) is 0 Å². The second kappa shape index (κ2) is 5.58. The van der Waals surface area contributed by atoms with Crippen LogP contribution in [0.2, 0.25) is 0 Å². The first-order valence-electron chi connectivity index (χ1n) is 6.80. The van der Waals surface area contributed by atoms with Crippen LogP contribution in [0.4, 0.5) is 0 Å². The van der Waals surface area contributed by atoms with Gasteiger partial charge in [0.1, 0.15) is 11.6 Å². The Bertz CT molecular complexity index is 624. The predicted octanol–water partition coefficient (Wildman–Crippen LogP) is 2.97. The fourth-order valence-electron chi connectivity index (χ4n) is 2.63. The molecule has 0 aliphatic carbocycles. The van der Waals surface area contributed by atoms with Crippen LogP contribution < -0.4 is 10.1 Å². The van der Waals surface area contributed by atoms with Crippen LogP contribution >= 0.6 is 15.9 Å². The Hall–Kier alpha value is -1.33. The number of ether oxygens (including phenoxy) is 1. The maximum absolute atomic E-state index is 5.75. The highest BCUT2D eigenvalue weighted by molar-refractivity contribution is 9.10. The molecule has 1 N–H and O–H groups in total. The fourth-order valence-corrected chi connectivity index (χ4v) is 3.18. The Labute approximate surface area is 127 Å². The van der Waals surface area contributed by atoms with Gasteiger partial charge in [0.05, 0.1) is 12.6 Å². The van der Waals surface area contributed by atoms with Crippen LogP contribution in [0.5, 0.6) is 5.75 Å². The number of hydrogen-bond donors (Lipinski definition) is 1. The molecule has 2 heterocycles. The van der Waals surface area contributed by atoms with Gasteiger partial charge in [0.15, 0.2) is 0 Å². The molecule has 3 rings (SSSR count).